The van der Waals surface area contributed by atoms with Crippen molar-refractivity contribution in [3.8, 4) is 5.88 Å². The van der Waals surface area contributed by atoms with Gasteiger partial charge in [-0.3, -0.25) is 0 Å². The molecule has 1 saturated heterocycles. The molecule has 1 N–H and O–H groups in total. The molecule has 0 saturated carbocycles. The molecule has 0 unspecified atom stereocenters. The van der Waals surface area contributed by atoms with Crippen LogP contribution in [0, 0.1) is 0 Å². The molecule has 0 spiro atoms. The van der Waals surface area contributed by atoms with Gasteiger partial charge in [0.1, 0.15) is 0 Å². The van der Waals surface area contributed by atoms with Gasteiger partial charge in [-0.05, 0) is 25.0 Å². The van der Waals surface area contributed by atoms with Crippen LogP contribution in [0.15, 0.2) is 24.3 Å². The van der Waals surface area contributed by atoms with E-state index in [-0.39, 0.29) is 6.10 Å². The molecule has 0 aliphatic carbocycles. The molecule has 1 fully saturated rings. The van der Waals surface area contributed by atoms with Gasteiger partial charge in [0.15, 0.2) is 5.82 Å². The van der Waals surface area contributed by atoms with Gasteiger partial charge in [-0.2, -0.15) is 0 Å². The molecule has 0 bridgehead atoms. The normalized spacial score (nSPS) is 19.7. The van der Waals surface area contributed by atoms with Gasteiger partial charge in [-0.25, -0.2) is 9.97 Å². The van der Waals surface area contributed by atoms with Crippen molar-refractivity contribution in [1.29, 1.82) is 0 Å². The summed E-state index contributed by atoms with van der Waals surface area (Å²) in [5.41, 5.74) is 1.67. The minimum absolute atomic E-state index is 0.299. The highest BCUT2D eigenvalue weighted by Crippen LogP contribution is 2.28. The minimum atomic E-state index is -0.299. The summed E-state index contributed by atoms with van der Waals surface area (Å²) in [6.45, 7) is 1.46. The topological polar surface area (TPSA) is 58.5 Å². The molecular weight excluding hydrogens is 242 g/mol. The van der Waals surface area contributed by atoms with E-state index in [1.807, 2.05) is 29.2 Å². The van der Waals surface area contributed by atoms with Gasteiger partial charge in [0.05, 0.1) is 24.2 Å². The van der Waals surface area contributed by atoms with Gasteiger partial charge >= 0.3 is 0 Å². The average molecular weight is 259 g/mol. The van der Waals surface area contributed by atoms with Gasteiger partial charge in [0.2, 0.25) is 0 Å². The lowest BCUT2D eigenvalue weighted by Crippen LogP contribution is -2.39. The number of piperidine rings is 1. The largest absolute Gasteiger partial charge is 0.478 e. The van der Waals surface area contributed by atoms with Crippen LogP contribution in [0.5, 0.6) is 5.88 Å². The standard InChI is InChI=1S/C14H17N3O2/c1-19-14-13(17-8-4-5-10(18)9-17)15-11-6-2-3-7-12(11)16-14/h2-3,6-7,10,18H,4-5,8-9H2,1H3/t10-/m0/s1. The van der Waals surface area contributed by atoms with E-state index in [0.29, 0.717) is 12.4 Å². The van der Waals surface area contributed by atoms with E-state index in [4.69, 9.17) is 4.74 Å². The van der Waals surface area contributed by atoms with Crippen LogP contribution in [0.25, 0.3) is 11.0 Å². The first-order valence-corrected chi connectivity index (χ1v) is 6.51. The van der Waals surface area contributed by atoms with E-state index in [0.717, 1.165) is 36.2 Å². The molecule has 1 aromatic heterocycles. The fraction of sp³-hybridized carbons (Fsp3) is 0.429. The molecule has 2 aromatic rings. The Balaban J connectivity index is 2.05. The van der Waals surface area contributed by atoms with Crippen molar-refractivity contribution < 1.29 is 9.84 Å². The van der Waals surface area contributed by atoms with Crippen LogP contribution in [0.3, 0.4) is 0 Å². The zero-order chi connectivity index (χ0) is 13.2. The Bertz CT molecular complexity index is 588. The lowest BCUT2D eigenvalue weighted by molar-refractivity contribution is 0.153. The van der Waals surface area contributed by atoms with Crippen molar-refractivity contribution in [2.45, 2.75) is 18.9 Å². The van der Waals surface area contributed by atoms with E-state index >= 15 is 0 Å². The van der Waals surface area contributed by atoms with E-state index in [1.165, 1.54) is 0 Å². The summed E-state index contributed by atoms with van der Waals surface area (Å²) in [5.74, 6) is 1.24. The van der Waals surface area contributed by atoms with Crippen molar-refractivity contribution in [2.75, 3.05) is 25.1 Å². The first kappa shape index (κ1) is 12.2. The fourth-order valence-electron chi connectivity index (χ4n) is 2.46. The number of para-hydroxylation sites is 2. The molecule has 1 aliphatic heterocycles. The smallest absolute Gasteiger partial charge is 0.257 e. The second-order valence-corrected chi connectivity index (χ2v) is 4.79. The summed E-state index contributed by atoms with van der Waals surface area (Å²) in [5, 5.41) is 9.79. The third-order valence-electron chi connectivity index (χ3n) is 3.41. The lowest BCUT2D eigenvalue weighted by atomic mass is 10.1. The van der Waals surface area contributed by atoms with Crippen molar-refractivity contribution in [2.24, 2.45) is 0 Å². The third-order valence-corrected chi connectivity index (χ3v) is 3.41. The van der Waals surface area contributed by atoms with Crippen LogP contribution in [0.2, 0.25) is 0 Å². The fourth-order valence-corrected chi connectivity index (χ4v) is 2.46. The Hall–Kier alpha value is -1.88. The molecule has 19 heavy (non-hydrogen) atoms. The number of hydrogen-bond donors (Lipinski definition) is 1. The number of ether oxygens (including phenoxy) is 1. The molecular formula is C14H17N3O2. The molecule has 0 amide bonds. The molecule has 1 aliphatic rings. The van der Waals surface area contributed by atoms with E-state index in [1.54, 1.807) is 7.11 Å². The summed E-state index contributed by atoms with van der Waals surface area (Å²) in [6.07, 6.45) is 1.50. The van der Waals surface area contributed by atoms with Gasteiger partial charge < -0.3 is 14.7 Å². The quantitative estimate of drug-likeness (QED) is 0.887. The second-order valence-electron chi connectivity index (χ2n) is 4.79. The molecule has 1 atom stereocenters. The predicted octanol–water partition coefficient (Wildman–Crippen LogP) is 1.60. The van der Waals surface area contributed by atoms with Crippen molar-refractivity contribution >= 4 is 16.9 Å². The number of aliphatic hydroxyl groups is 1. The Morgan fingerprint density at radius 2 is 2.00 bits per heavy atom. The zero-order valence-corrected chi connectivity index (χ0v) is 10.9. The van der Waals surface area contributed by atoms with Crippen LogP contribution in [-0.4, -0.2) is 41.4 Å². The van der Waals surface area contributed by atoms with Crippen molar-refractivity contribution in [3.05, 3.63) is 24.3 Å². The van der Waals surface area contributed by atoms with Gasteiger partial charge in [0, 0.05) is 13.1 Å². The summed E-state index contributed by atoms with van der Waals surface area (Å²) < 4.78 is 5.34. The molecule has 100 valence electrons. The van der Waals surface area contributed by atoms with Crippen LogP contribution < -0.4 is 9.64 Å². The average Bonchev–Trinajstić information content (AvgIpc) is 2.46. The summed E-state index contributed by atoms with van der Waals surface area (Å²) in [7, 11) is 1.60. The SMILES string of the molecule is COc1nc2ccccc2nc1N1CCC[C@H](O)C1. The number of benzene rings is 1. The lowest BCUT2D eigenvalue weighted by Gasteiger charge is -2.31. The third kappa shape index (κ3) is 2.33. The van der Waals surface area contributed by atoms with Gasteiger partial charge in [-0.1, -0.05) is 12.1 Å². The number of anilines is 1. The van der Waals surface area contributed by atoms with Crippen LogP contribution in [0.1, 0.15) is 12.8 Å². The number of rotatable bonds is 2. The number of nitrogens with zero attached hydrogens (tertiary/aromatic N) is 3. The molecule has 5 nitrogen and oxygen atoms in total. The maximum atomic E-state index is 9.79. The molecule has 1 aromatic carbocycles. The number of aromatic nitrogens is 2. The Morgan fingerprint density at radius 3 is 2.68 bits per heavy atom. The van der Waals surface area contributed by atoms with Crippen molar-refractivity contribution in [3.63, 3.8) is 0 Å². The van der Waals surface area contributed by atoms with E-state index in [9.17, 15) is 5.11 Å². The number of hydrogen-bond acceptors (Lipinski definition) is 5. The molecule has 0 radical (unpaired) electrons. The van der Waals surface area contributed by atoms with Gasteiger partial charge in [0.25, 0.3) is 5.88 Å². The Kier molecular flexibility index (Phi) is 3.21. The number of methoxy groups -OCH3 is 1. The highest BCUT2D eigenvalue weighted by molar-refractivity contribution is 5.77. The zero-order valence-electron chi connectivity index (χ0n) is 10.9. The van der Waals surface area contributed by atoms with Crippen LogP contribution in [0.4, 0.5) is 5.82 Å². The summed E-state index contributed by atoms with van der Waals surface area (Å²) >= 11 is 0. The number of aliphatic hydroxyl groups excluding tert-OH is 1. The highest BCUT2D eigenvalue weighted by Gasteiger charge is 2.23. The summed E-state index contributed by atoms with van der Waals surface area (Å²) in [4.78, 5) is 11.2. The number of fused-ring (bicyclic) bond motifs is 1. The second kappa shape index (κ2) is 5.01. The van der Waals surface area contributed by atoms with Gasteiger partial charge in [-0.15, -0.1) is 0 Å². The summed E-state index contributed by atoms with van der Waals surface area (Å²) in [6, 6.07) is 7.73. The minimum Gasteiger partial charge on any atom is -0.478 e. The molecule has 5 heteroatoms. The predicted molar refractivity (Wildman–Crippen MR) is 73.5 cm³/mol. The molecule has 3 rings (SSSR count). The Labute approximate surface area is 111 Å². The maximum absolute atomic E-state index is 9.79. The molecule has 2 heterocycles. The van der Waals surface area contributed by atoms with E-state index in [2.05, 4.69) is 9.97 Å². The van der Waals surface area contributed by atoms with Crippen molar-refractivity contribution in [1.82, 2.24) is 9.97 Å². The number of β-amino-alcohol motifs (C(OH)–C–C–N with tert-alkyl or cyclic N) is 1. The maximum Gasteiger partial charge on any atom is 0.257 e. The van der Waals surface area contributed by atoms with E-state index < -0.39 is 0 Å². The monoisotopic (exact) mass is 259 g/mol. The van der Waals surface area contributed by atoms with Crippen LogP contribution in [-0.2, 0) is 0 Å². The first-order chi connectivity index (χ1) is 9.28. The Morgan fingerprint density at radius 1 is 1.26 bits per heavy atom. The highest BCUT2D eigenvalue weighted by atomic mass is 16.5. The first-order valence-electron chi connectivity index (χ1n) is 6.51. The van der Waals surface area contributed by atoms with Crippen LogP contribution >= 0.6 is 0 Å².